The number of carbonyl (C=O) groups excluding carboxylic acids is 1. The van der Waals surface area contributed by atoms with E-state index in [1.807, 2.05) is 30.3 Å². The van der Waals surface area contributed by atoms with Crippen LogP contribution in [-0.4, -0.2) is 19.0 Å². The van der Waals surface area contributed by atoms with Crippen molar-refractivity contribution in [2.24, 2.45) is 4.99 Å². The van der Waals surface area contributed by atoms with Crippen LogP contribution in [0.25, 0.3) is 6.08 Å². The molecule has 23 heavy (non-hydrogen) atoms. The fourth-order valence-electron chi connectivity index (χ4n) is 2.09. The van der Waals surface area contributed by atoms with E-state index in [-0.39, 0.29) is 11.6 Å². The summed E-state index contributed by atoms with van der Waals surface area (Å²) in [4.78, 5) is 16.3. The first-order valence-corrected chi connectivity index (χ1v) is 8.27. The second-order valence-electron chi connectivity index (χ2n) is 4.73. The average Bonchev–Trinajstić information content (AvgIpc) is 2.90. The molecule has 0 aliphatic carbocycles. The zero-order valence-electron chi connectivity index (χ0n) is 12.0. The van der Waals surface area contributed by atoms with Crippen LogP contribution < -0.4 is 4.74 Å². The smallest absolute Gasteiger partial charge is 0.363 e. The Balaban J connectivity index is 1.98. The maximum atomic E-state index is 12.0. The molecule has 0 saturated heterocycles. The Hall–Kier alpha value is -1.92. The molecule has 2 aromatic rings. The maximum absolute atomic E-state index is 12.0. The second-order valence-corrected chi connectivity index (χ2v) is 6.56. The Bertz CT molecular complexity index is 826. The van der Waals surface area contributed by atoms with Gasteiger partial charge in [0.1, 0.15) is 5.75 Å². The molecule has 0 atom stereocenters. The van der Waals surface area contributed by atoms with Crippen molar-refractivity contribution in [1.29, 1.82) is 0 Å². The molecule has 0 fully saturated rings. The van der Waals surface area contributed by atoms with E-state index in [9.17, 15) is 4.79 Å². The fraction of sp³-hybridized carbons (Fsp3) is 0.0588. The molecule has 0 spiro atoms. The van der Waals surface area contributed by atoms with Gasteiger partial charge >= 0.3 is 5.97 Å². The first-order chi connectivity index (χ1) is 11.1. The fourth-order valence-corrected chi connectivity index (χ4v) is 2.71. The minimum atomic E-state index is -0.482. The molecule has 0 N–H and O–H groups in total. The summed E-state index contributed by atoms with van der Waals surface area (Å²) in [7, 11) is 1.56. The molecule has 1 aliphatic heterocycles. The molecule has 4 nitrogen and oxygen atoms in total. The molecule has 6 heteroatoms. The molecule has 1 aliphatic rings. The van der Waals surface area contributed by atoms with Crippen molar-refractivity contribution < 1.29 is 14.3 Å². The van der Waals surface area contributed by atoms with Gasteiger partial charge in [-0.1, -0.05) is 44.0 Å². The molecule has 0 bridgehead atoms. The summed E-state index contributed by atoms with van der Waals surface area (Å²) in [5.41, 5.74) is 1.74. The summed E-state index contributed by atoms with van der Waals surface area (Å²) in [6.07, 6.45) is 1.69. The molecular formula is C17H11Br2NO3. The Morgan fingerprint density at radius 1 is 1.09 bits per heavy atom. The van der Waals surface area contributed by atoms with Crippen molar-refractivity contribution in [1.82, 2.24) is 0 Å². The van der Waals surface area contributed by atoms with Crippen molar-refractivity contribution in [3.63, 3.8) is 0 Å². The predicted octanol–water partition coefficient (Wildman–Crippen LogP) is 4.56. The topological polar surface area (TPSA) is 47.9 Å². The number of cyclic esters (lactones) is 1. The third-order valence-electron chi connectivity index (χ3n) is 3.19. The molecule has 0 amide bonds. The number of hydrogen-bond acceptors (Lipinski definition) is 4. The van der Waals surface area contributed by atoms with Crippen LogP contribution in [-0.2, 0) is 9.53 Å². The molecule has 0 saturated carbocycles. The highest BCUT2D eigenvalue weighted by molar-refractivity contribution is 9.10. The van der Waals surface area contributed by atoms with Gasteiger partial charge in [-0.25, -0.2) is 9.79 Å². The molecule has 0 unspecified atom stereocenters. The zero-order chi connectivity index (χ0) is 16.4. The Morgan fingerprint density at radius 3 is 2.48 bits per heavy atom. The number of hydrogen-bond donors (Lipinski definition) is 0. The molecule has 3 rings (SSSR count). The zero-order valence-corrected chi connectivity index (χ0v) is 15.2. The number of methoxy groups -OCH3 is 1. The van der Waals surface area contributed by atoms with Gasteiger partial charge in [-0.15, -0.1) is 0 Å². The lowest BCUT2D eigenvalue weighted by molar-refractivity contribution is -0.129. The van der Waals surface area contributed by atoms with E-state index in [0.717, 1.165) is 14.5 Å². The SMILES string of the molecule is COc1ccc(Br)cc1C1=N/C(=C/c2ccc(Br)cc2)C(=O)O1. The minimum absolute atomic E-state index is 0.233. The molecule has 2 aromatic carbocycles. The van der Waals surface area contributed by atoms with Gasteiger partial charge in [0.2, 0.25) is 5.90 Å². The van der Waals surface area contributed by atoms with E-state index in [0.29, 0.717) is 11.3 Å². The van der Waals surface area contributed by atoms with Gasteiger partial charge in [-0.05, 0) is 42.0 Å². The third-order valence-corrected chi connectivity index (χ3v) is 4.21. The summed E-state index contributed by atoms with van der Waals surface area (Å²) in [6, 6.07) is 13.0. The van der Waals surface area contributed by atoms with Gasteiger partial charge in [0, 0.05) is 8.95 Å². The minimum Gasteiger partial charge on any atom is -0.496 e. The average molecular weight is 437 g/mol. The number of esters is 1. The Kier molecular flexibility index (Phi) is 4.63. The lowest BCUT2D eigenvalue weighted by Gasteiger charge is -2.07. The molecule has 0 radical (unpaired) electrons. The normalized spacial score (nSPS) is 15.5. The molecular weight excluding hydrogens is 426 g/mol. The van der Waals surface area contributed by atoms with E-state index in [4.69, 9.17) is 9.47 Å². The first-order valence-electron chi connectivity index (χ1n) is 6.69. The van der Waals surface area contributed by atoms with Crippen molar-refractivity contribution in [2.75, 3.05) is 7.11 Å². The molecule has 116 valence electrons. The van der Waals surface area contributed by atoms with Crippen molar-refractivity contribution in [3.05, 3.63) is 68.2 Å². The van der Waals surface area contributed by atoms with Crippen LogP contribution in [0.4, 0.5) is 0 Å². The highest BCUT2D eigenvalue weighted by Crippen LogP contribution is 2.28. The number of carbonyl (C=O) groups is 1. The highest BCUT2D eigenvalue weighted by Gasteiger charge is 2.26. The number of benzene rings is 2. The van der Waals surface area contributed by atoms with Crippen LogP contribution in [0.3, 0.4) is 0 Å². The van der Waals surface area contributed by atoms with Gasteiger partial charge in [0.05, 0.1) is 12.7 Å². The summed E-state index contributed by atoms with van der Waals surface area (Å²) in [6.45, 7) is 0. The van der Waals surface area contributed by atoms with Gasteiger partial charge in [-0.2, -0.15) is 0 Å². The Morgan fingerprint density at radius 2 is 1.78 bits per heavy atom. The van der Waals surface area contributed by atoms with E-state index in [1.54, 1.807) is 25.3 Å². The predicted molar refractivity (Wildman–Crippen MR) is 95.4 cm³/mol. The lowest BCUT2D eigenvalue weighted by Crippen LogP contribution is -2.07. The summed E-state index contributed by atoms with van der Waals surface area (Å²) < 4.78 is 12.4. The monoisotopic (exact) mass is 435 g/mol. The number of rotatable bonds is 3. The Labute approximate surface area is 150 Å². The second kappa shape index (κ2) is 6.68. The van der Waals surface area contributed by atoms with Crippen LogP contribution in [0, 0.1) is 0 Å². The third kappa shape index (κ3) is 3.54. The van der Waals surface area contributed by atoms with Crippen LogP contribution in [0.5, 0.6) is 5.75 Å². The van der Waals surface area contributed by atoms with Crippen LogP contribution in [0.1, 0.15) is 11.1 Å². The number of halogens is 2. The summed E-state index contributed by atoms with van der Waals surface area (Å²) >= 11 is 6.77. The van der Waals surface area contributed by atoms with Gasteiger partial charge < -0.3 is 9.47 Å². The quantitative estimate of drug-likeness (QED) is 0.523. The van der Waals surface area contributed by atoms with Crippen LogP contribution in [0.2, 0.25) is 0 Å². The molecule has 1 heterocycles. The van der Waals surface area contributed by atoms with Crippen molar-refractivity contribution in [3.8, 4) is 5.75 Å². The van der Waals surface area contributed by atoms with Crippen LogP contribution >= 0.6 is 31.9 Å². The van der Waals surface area contributed by atoms with E-state index >= 15 is 0 Å². The maximum Gasteiger partial charge on any atom is 0.363 e. The number of ether oxygens (including phenoxy) is 2. The molecule has 0 aromatic heterocycles. The number of aliphatic imine (C=N–C) groups is 1. The first kappa shape index (κ1) is 16.0. The largest absolute Gasteiger partial charge is 0.496 e. The van der Waals surface area contributed by atoms with E-state index < -0.39 is 5.97 Å². The summed E-state index contributed by atoms with van der Waals surface area (Å²) in [5.74, 6) is 0.339. The van der Waals surface area contributed by atoms with Crippen molar-refractivity contribution in [2.45, 2.75) is 0 Å². The van der Waals surface area contributed by atoms with Crippen LogP contribution in [0.15, 0.2) is 62.1 Å². The number of nitrogens with zero attached hydrogens (tertiary/aromatic N) is 1. The highest BCUT2D eigenvalue weighted by atomic mass is 79.9. The van der Waals surface area contributed by atoms with Gasteiger partial charge in [0.15, 0.2) is 5.70 Å². The summed E-state index contributed by atoms with van der Waals surface area (Å²) in [5, 5.41) is 0. The van der Waals surface area contributed by atoms with Crippen molar-refractivity contribution >= 4 is 49.8 Å². The lowest BCUT2D eigenvalue weighted by atomic mass is 10.2. The standard InChI is InChI=1S/C17H11Br2NO3/c1-22-15-7-6-12(19)9-13(15)16-20-14(17(21)23-16)8-10-2-4-11(18)5-3-10/h2-9H,1H3/b14-8+. The van der Waals surface area contributed by atoms with E-state index in [1.165, 1.54) is 0 Å². The van der Waals surface area contributed by atoms with Gasteiger partial charge in [-0.3, -0.25) is 0 Å². The van der Waals surface area contributed by atoms with E-state index in [2.05, 4.69) is 36.9 Å². The van der Waals surface area contributed by atoms with Gasteiger partial charge in [0.25, 0.3) is 0 Å².